The van der Waals surface area contributed by atoms with Crippen molar-refractivity contribution in [3.63, 3.8) is 0 Å². The summed E-state index contributed by atoms with van der Waals surface area (Å²) in [5.74, 6) is 1.50. The van der Waals surface area contributed by atoms with Crippen LogP contribution in [0.2, 0.25) is 0 Å². The number of amides is 1. The molecule has 0 unspecified atom stereocenters. The Labute approximate surface area is 166 Å². The Morgan fingerprint density at radius 3 is 2.68 bits per heavy atom. The van der Waals surface area contributed by atoms with Crippen molar-refractivity contribution in [1.29, 1.82) is 0 Å². The first-order valence-electron chi connectivity index (χ1n) is 9.89. The van der Waals surface area contributed by atoms with Crippen LogP contribution in [0.5, 0.6) is 0 Å². The number of carbonyl (C=O) groups excluding carboxylic acids is 1. The van der Waals surface area contributed by atoms with Gasteiger partial charge in [-0.25, -0.2) is 4.98 Å². The topological polar surface area (TPSA) is 85.4 Å². The molecule has 8 heteroatoms. The van der Waals surface area contributed by atoms with E-state index in [2.05, 4.69) is 41.1 Å². The molecule has 0 bridgehead atoms. The van der Waals surface area contributed by atoms with Gasteiger partial charge in [0.25, 0.3) is 5.91 Å². The third-order valence-corrected chi connectivity index (χ3v) is 4.89. The molecule has 2 aromatic rings. The lowest BCUT2D eigenvalue weighted by Gasteiger charge is -2.28. The average molecular weight is 390 g/mol. The first kappa shape index (κ1) is 20.5. The molecule has 154 valence electrons. The molecule has 1 N–H and O–H groups in total. The number of nitrogens with zero attached hydrogens (tertiary/aromatic N) is 4. The summed E-state index contributed by atoms with van der Waals surface area (Å²) in [4.78, 5) is 19.2. The number of rotatable bonds is 7. The molecule has 3 rings (SSSR count). The molecule has 1 amide bonds. The SMILES string of the molecule is Cc1oc(C(C)(C)C)c(CN2CCOCC2)c1C(=O)NCCCn1cncn1. The van der Waals surface area contributed by atoms with Gasteiger partial charge < -0.3 is 14.5 Å². The highest BCUT2D eigenvalue weighted by Gasteiger charge is 2.31. The first-order chi connectivity index (χ1) is 13.4. The van der Waals surface area contributed by atoms with Gasteiger partial charge in [0.2, 0.25) is 0 Å². The zero-order valence-corrected chi connectivity index (χ0v) is 17.3. The van der Waals surface area contributed by atoms with Gasteiger partial charge in [0.1, 0.15) is 24.2 Å². The third-order valence-electron chi connectivity index (χ3n) is 4.89. The Balaban J connectivity index is 1.72. The van der Waals surface area contributed by atoms with Crippen LogP contribution in [-0.2, 0) is 23.2 Å². The molecule has 0 spiro atoms. The van der Waals surface area contributed by atoms with Gasteiger partial charge in [0.05, 0.1) is 18.8 Å². The van der Waals surface area contributed by atoms with Crippen molar-refractivity contribution in [1.82, 2.24) is 25.0 Å². The van der Waals surface area contributed by atoms with Crippen LogP contribution >= 0.6 is 0 Å². The van der Waals surface area contributed by atoms with Crippen LogP contribution < -0.4 is 5.32 Å². The summed E-state index contributed by atoms with van der Waals surface area (Å²) in [6.07, 6.45) is 3.98. The van der Waals surface area contributed by atoms with E-state index >= 15 is 0 Å². The number of nitrogens with one attached hydrogen (secondary N) is 1. The van der Waals surface area contributed by atoms with Crippen LogP contribution in [0, 0.1) is 6.92 Å². The van der Waals surface area contributed by atoms with E-state index in [9.17, 15) is 4.79 Å². The molecule has 0 aromatic carbocycles. The standard InChI is InChI=1S/C20H31N5O3/c1-15-17(19(26)22-6-5-7-25-14-21-13-23-25)16(18(28-15)20(2,3)4)12-24-8-10-27-11-9-24/h13-14H,5-12H2,1-4H3,(H,22,26). The zero-order chi connectivity index (χ0) is 20.1. The Hall–Kier alpha value is -2.19. The summed E-state index contributed by atoms with van der Waals surface area (Å²) in [7, 11) is 0. The number of carbonyl (C=O) groups is 1. The number of aryl methyl sites for hydroxylation is 2. The fourth-order valence-corrected chi connectivity index (χ4v) is 3.51. The number of aromatic nitrogens is 3. The molecule has 0 aliphatic carbocycles. The Bertz CT molecular complexity index is 771. The fraction of sp³-hybridized carbons (Fsp3) is 0.650. The van der Waals surface area contributed by atoms with Crippen molar-refractivity contribution in [2.24, 2.45) is 0 Å². The van der Waals surface area contributed by atoms with E-state index in [0.717, 1.165) is 50.6 Å². The molecule has 1 saturated heterocycles. The quantitative estimate of drug-likeness (QED) is 0.730. The van der Waals surface area contributed by atoms with Crippen LogP contribution in [-0.4, -0.2) is 58.4 Å². The minimum Gasteiger partial charge on any atom is -0.465 e. The van der Waals surface area contributed by atoms with E-state index in [-0.39, 0.29) is 11.3 Å². The minimum absolute atomic E-state index is 0.0707. The van der Waals surface area contributed by atoms with Gasteiger partial charge in [-0.3, -0.25) is 14.4 Å². The molecule has 1 aliphatic heterocycles. The van der Waals surface area contributed by atoms with E-state index in [0.29, 0.717) is 24.4 Å². The molecule has 0 atom stereocenters. The minimum atomic E-state index is -0.169. The molecular weight excluding hydrogens is 358 g/mol. The molecule has 8 nitrogen and oxygen atoms in total. The summed E-state index contributed by atoms with van der Waals surface area (Å²) in [5, 5.41) is 7.12. The molecule has 1 fully saturated rings. The molecule has 2 aromatic heterocycles. The largest absolute Gasteiger partial charge is 0.465 e. The van der Waals surface area contributed by atoms with Crippen molar-refractivity contribution in [3.8, 4) is 0 Å². The molecule has 28 heavy (non-hydrogen) atoms. The van der Waals surface area contributed by atoms with Crippen molar-refractivity contribution < 1.29 is 13.9 Å². The molecule has 0 saturated carbocycles. The summed E-state index contributed by atoms with van der Waals surface area (Å²) in [6, 6.07) is 0. The van der Waals surface area contributed by atoms with Crippen LogP contribution in [0.25, 0.3) is 0 Å². The van der Waals surface area contributed by atoms with E-state index in [1.807, 2.05) is 6.92 Å². The maximum absolute atomic E-state index is 13.0. The molecular formula is C20H31N5O3. The molecule has 1 aliphatic rings. The summed E-state index contributed by atoms with van der Waals surface area (Å²) >= 11 is 0. The number of hydrogen-bond acceptors (Lipinski definition) is 6. The van der Waals surface area contributed by atoms with Crippen molar-refractivity contribution in [2.45, 2.75) is 52.6 Å². The number of furan rings is 1. The molecule has 0 radical (unpaired) electrons. The lowest BCUT2D eigenvalue weighted by molar-refractivity contribution is 0.0337. The second kappa shape index (κ2) is 8.87. The Morgan fingerprint density at radius 2 is 2.04 bits per heavy atom. The maximum atomic E-state index is 13.0. The highest BCUT2D eigenvalue weighted by atomic mass is 16.5. The second-order valence-electron chi connectivity index (χ2n) is 8.25. The van der Waals surface area contributed by atoms with Gasteiger partial charge >= 0.3 is 0 Å². The Morgan fingerprint density at radius 1 is 1.29 bits per heavy atom. The van der Waals surface area contributed by atoms with Gasteiger partial charge in [0.15, 0.2) is 0 Å². The lowest BCUT2D eigenvalue weighted by Crippen LogP contribution is -2.37. The number of morpholine rings is 1. The van der Waals surface area contributed by atoms with Crippen molar-refractivity contribution in [2.75, 3.05) is 32.8 Å². The van der Waals surface area contributed by atoms with Gasteiger partial charge in [-0.15, -0.1) is 0 Å². The van der Waals surface area contributed by atoms with E-state index < -0.39 is 0 Å². The number of hydrogen-bond donors (Lipinski definition) is 1. The normalized spacial score (nSPS) is 15.7. The number of ether oxygens (including phenoxy) is 1. The van der Waals surface area contributed by atoms with Gasteiger partial charge in [0, 0.05) is 43.7 Å². The van der Waals surface area contributed by atoms with Crippen LogP contribution in [0.1, 0.15) is 54.6 Å². The third kappa shape index (κ3) is 4.99. The van der Waals surface area contributed by atoms with Gasteiger partial charge in [-0.2, -0.15) is 5.10 Å². The van der Waals surface area contributed by atoms with Crippen molar-refractivity contribution >= 4 is 5.91 Å². The lowest BCUT2D eigenvalue weighted by atomic mass is 9.88. The molecule has 3 heterocycles. The van der Waals surface area contributed by atoms with E-state index in [4.69, 9.17) is 9.15 Å². The monoisotopic (exact) mass is 389 g/mol. The zero-order valence-electron chi connectivity index (χ0n) is 17.3. The maximum Gasteiger partial charge on any atom is 0.255 e. The Kier molecular flexibility index (Phi) is 6.51. The second-order valence-corrected chi connectivity index (χ2v) is 8.25. The fourth-order valence-electron chi connectivity index (χ4n) is 3.51. The summed E-state index contributed by atoms with van der Waals surface area (Å²) < 4.78 is 13.3. The highest BCUT2D eigenvalue weighted by molar-refractivity contribution is 5.97. The van der Waals surface area contributed by atoms with Crippen LogP contribution in [0.4, 0.5) is 0 Å². The predicted octanol–water partition coefficient (Wildman–Crippen LogP) is 2.13. The first-order valence-corrected chi connectivity index (χ1v) is 9.89. The summed E-state index contributed by atoms with van der Waals surface area (Å²) in [5.41, 5.74) is 1.51. The average Bonchev–Trinajstić information content (AvgIpc) is 3.27. The van der Waals surface area contributed by atoms with Gasteiger partial charge in [-0.1, -0.05) is 20.8 Å². The predicted molar refractivity (Wildman–Crippen MR) is 105 cm³/mol. The summed E-state index contributed by atoms with van der Waals surface area (Å²) in [6.45, 7) is 13.4. The van der Waals surface area contributed by atoms with E-state index in [1.165, 1.54) is 6.33 Å². The van der Waals surface area contributed by atoms with Gasteiger partial charge in [-0.05, 0) is 13.3 Å². The van der Waals surface area contributed by atoms with Crippen LogP contribution in [0.3, 0.4) is 0 Å². The van der Waals surface area contributed by atoms with Crippen LogP contribution in [0.15, 0.2) is 17.1 Å². The highest BCUT2D eigenvalue weighted by Crippen LogP contribution is 2.33. The van der Waals surface area contributed by atoms with E-state index in [1.54, 1.807) is 11.0 Å². The smallest absolute Gasteiger partial charge is 0.255 e. The van der Waals surface area contributed by atoms with Crippen molar-refractivity contribution in [3.05, 3.63) is 35.3 Å².